The SMILES string of the molecule is CN(Cc1cccs1)CC1(N)C2CCCOC2C1(C)C. The van der Waals surface area contributed by atoms with Gasteiger partial charge in [0.15, 0.2) is 0 Å². The first-order valence-corrected chi connectivity index (χ1v) is 8.44. The molecule has 3 atom stereocenters. The first kappa shape index (κ1) is 14.5. The number of fused-ring (bicyclic) bond motifs is 1. The van der Waals surface area contributed by atoms with Crippen molar-refractivity contribution >= 4 is 11.3 Å². The van der Waals surface area contributed by atoms with E-state index in [9.17, 15) is 0 Å². The van der Waals surface area contributed by atoms with Gasteiger partial charge in [0.2, 0.25) is 0 Å². The number of likely N-dealkylation sites (N-methyl/N-ethyl adjacent to an activating group) is 1. The second-order valence-electron chi connectivity index (χ2n) is 7.05. The molecule has 2 heterocycles. The lowest BCUT2D eigenvalue weighted by Crippen LogP contribution is -2.80. The van der Waals surface area contributed by atoms with Crippen molar-refractivity contribution in [2.75, 3.05) is 20.2 Å². The molecule has 0 spiro atoms. The molecule has 4 heteroatoms. The smallest absolute Gasteiger partial charge is 0.0690 e. The molecule has 1 saturated heterocycles. The van der Waals surface area contributed by atoms with Crippen LogP contribution < -0.4 is 5.73 Å². The van der Waals surface area contributed by atoms with Crippen molar-refractivity contribution < 1.29 is 4.74 Å². The maximum Gasteiger partial charge on any atom is 0.0690 e. The van der Waals surface area contributed by atoms with E-state index in [-0.39, 0.29) is 11.0 Å². The Hall–Kier alpha value is -0.420. The van der Waals surface area contributed by atoms with Gasteiger partial charge in [0, 0.05) is 41.4 Å². The van der Waals surface area contributed by atoms with Crippen molar-refractivity contribution in [3.8, 4) is 0 Å². The highest BCUT2D eigenvalue weighted by Crippen LogP contribution is 2.57. The number of hydrogen-bond donors (Lipinski definition) is 1. The summed E-state index contributed by atoms with van der Waals surface area (Å²) in [5, 5.41) is 2.14. The fraction of sp³-hybridized carbons (Fsp3) is 0.750. The first-order valence-electron chi connectivity index (χ1n) is 7.56. The summed E-state index contributed by atoms with van der Waals surface area (Å²) in [6.45, 7) is 7.40. The zero-order chi connectivity index (χ0) is 14.4. The number of nitrogens with zero attached hydrogens (tertiary/aromatic N) is 1. The van der Waals surface area contributed by atoms with Crippen LogP contribution in [0.1, 0.15) is 31.6 Å². The Morgan fingerprint density at radius 3 is 3.00 bits per heavy atom. The third kappa shape index (κ3) is 2.13. The van der Waals surface area contributed by atoms with Crippen molar-refractivity contribution in [1.82, 2.24) is 4.90 Å². The van der Waals surface area contributed by atoms with Gasteiger partial charge in [-0.3, -0.25) is 4.90 Å². The van der Waals surface area contributed by atoms with Crippen LogP contribution in [0.2, 0.25) is 0 Å². The fourth-order valence-electron chi connectivity index (χ4n) is 4.16. The van der Waals surface area contributed by atoms with E-state index < -0.39 is 0 Å². The van der Waals surface area contributed by atoms with Gasteiger partial charge in [-0.2, -0.15) is 0 Å². The molecule has 2 fully saturated rings. The summed E-state index contributed by atoms with van der Waals surface area (Å²) in [6.07, 6.45) is 2.74. The summed E-state index contributed by atoms with van der Waals surface area (Å²) >= 11 is 1.82. The Labute approximate surface area is 126 Å². The lowest BCUT2D eigenvalue weighted by Gasteiger charge is -2.67. The molecule has 2 N–H and O–H groups in total. The van der Waals surface area contributed by atoms with Crippen molar-refractivity contribution in [3.63, 3.8) is 0 Å². The Morgan fingerprint density at radius 2 is 2.30 bits per heavy atom. The van der Waals surface area contributed by atoms with Gasteiger partial charge in [-0.15, -0.1) is 11.3 Å². The Kier molecular flexibility index (Phi) is 3.70. The minimum absolute atomic E-state index is 0.0712. The van der Waals surface area contributed by atoms with E-state index in [1.54, 1.807) is 0 Å². The van der Waals surface area contributed by atoms with Gasteiger partial charge in [0.25, 0.3) is 0 Å². The number of rotatable bonds is 4. The molecule has 1 aromatic heterocycles. The van der Waals surface area contributed by atoms with Crippen LogP contribution in [-0.4, -0.2) is 36.7 Å². The van der Waals surface area contributed by atoms with Gasteiger partial charge in [0.1, 0.15) is 0 Å². The summed E-state index contributed by atoms with van der Waals surface area (Å²) in [5.74, 6) is 0.525. The Morgan fingerprint density at radius 1 is 1.50 bits per heavy atom. The van der Waals surface area contributed by atoms with E-state index in [1.807, 2.05) is 11.3 Å². The Balaban J connectivity index is 1.68. The van der Waals surface area contributed by atoms with Crippen LogP contribution in [0.15, 0.2) is 17.5 Å². The van der Waals surface area contributed by atoms with Crippen LogP contribution in [0.5, 0.6) is 0 Å². The van der Waals surface area contributed by atoms with Gasteiger partial charge >= 0.3 is 0 Å². The van der Waals surface area contributed by atoms with E-state index in [0.717, 1.165) is 26.1 Å². The van der Waals surface area contributed by atoms with Crippen molar-refractivity contribution in [3.05, 3.63) is 22.4 Å². The van der Waals surface area contributed by atoms with Gasteiger partial charge < -0.3 is 10.5 Å². The number of nitrogens with two attached hydrogens (primary N) is 1. The second kappa shape index (κ2) is 5.09. The summed E-state index contributed by atoms with van der Waals surface area (Å²) < 4.78 is 5.98. The fourth-order valence-corrected chi connectivity index (χ4v) is 4.94. The molecule has 112 valence electrons. The van der Waals surface area contributed by atoms with Crippen LogP contribution in [0, 0.1) is 11.3 Å². The van der Waals surface area contributed by atoms with Crippen molar-refractivity contribution in [2.45, 2.75) is 44.9 Å². The molecule has 3 nitrogen and oxygen atoms in total. The van der Waals surface area contributed by atoms with E-state index >= 15 is 0 Å². The molecule has 0 radical (unpaired) electrons. The molecule has 1 saturated carbocycles. The first-order chi connectivity index (χ1) is 9.45. The number of hydrogen-bond acceptors (Lipinski definition) is 4. The molecule has 0 bridgehead atoms. The normalized spacial score (nSPS) is 35.6. The molecule has 3 rings (SSSR count). The Bertz CT molecular complexity index is 459. The average molecular weight is 294 g/mol. The lowest BCUT2D eigenvalue weighted by atomic mass is 9.46. The average Bonchev–Trinajstić information content (AvgIpc) is 2.91. The molecule has 3 unspecified atom stereocenters. The van der Waals surface area contributed by atoms with E-state index in [0.29, 0.717) is 12.0 Å². The summed E-state index contributed by atoms with van der Waals surface area (Å²) in [4.78, 5) is 3.78. The molecule has 2 aliphatic rings. The third-order valence-electron chi connectivity index (χ3n) is 5.43. The number of thiophene rings is 1. The standard InChI is InChI=1S/C16H26N2OS/c1-15(2)14-13(7-4-8-19-14)16(15,17)11-18(3)10-12-6-5-9-20-12/h5-6,9,13-14H,4,7-8,10-11,17H2,1-3H3. The largest absolute Gasteiger partial charge is 0.377 e. The quantitative estimate of drug-likeness (QED) is 0.928. The summed E-state index contributed by atoms with van der Waals surface area (Å²) in [5.41, 5.74) is 6.80. The van der Waals surface area contributed by atoms with Crippen LogP contribution in [-0.2, 0) is 11.3 Å². The highest BCUT2D eigenvalue weighted by atomic mass is 32.1. The molecule has 20 heavy (non-hydrogen) atoms. The molecule has 0 amide bonds. The summed E-state index contributed by atoms with van der Waals surface area (Å²) in [6, 6.07) is 4.31. The third-order valence-corrected chi connectivity index (χ3v) is 6.29. The molecule has 0 aromatic carbocycles. The molecule has 1 aliphatic carbocycles. The van der Waals surface area contributed by atoms with E-state index in [1.165, 1.54) is 11.3 Å². The van der Waals surface area contributed by atoms with E-state index in [2.05, 4.69) is 43.3 Å². The molecule has 1 aliphatic heterocycles. The van der Waals surface area contributed by atoms with Crippen LogP contribution in [0.25, 0.3) is 0 Å². The van der Waals surface area contributed by atoms with Crippen LogP contribution in [0.4, 0.5) is 0 Å². The maximum absolute atomic E-state index is 6.85. The van der Waals surface area contributed by atoms with E-state index in [4.69, 9.17) is 10.5 Å². The molecular formula is C16H26N2OS. The zero-order valence-corrected chi connectivity index (χ0v) is 13.6. The zero-order valence-electron chi connectivity index (χ0n) is 12.8. The van der Waals surface area contributed by atoms with Crippen LogP contribution >= 0.6 is 11.3 Å². The monoisotopic (exact) mass is 294 g/mol. The van der Waals surface area contributed by atoms with Gasteiger partial charge in [-0.1, -0.05) is 19.9 Å². The van der Waals surface area contributed by atoms with Gasteiger partial charge in [-0.25, -0.2) is 0 Å². The summed E-state index contributed by atoms with van der Waals surface area (Å²) in [7, 11) is 2.18. The minimum atomic E-state index is -0.121. The van der Waals surface area contributed by atoms with Gasteiger partial charge in [-0.05, 0) is 31.3 Å². The molecular weight excluding hydrogens is 268 g/mol. The predicted molar refractivity (Wildman–Crippen MR) is 83.8 cm³/mol. The minimum Gasteiger partial charge on any atom is -0.377 e. The van der Waals surface area contributed by atoms with Crippen LogP contribution in [0.3, 0.4) is 0 Å². The van der Waals surface area contributed by atoms with Crippen molar-refractivity contribution in [2.24, 2.45) is 17.1 Å². The lowest BCUT2D eigenvalue weighted by molar-refractivity contribution is -0.231. The second-order valence-corrected chi connectivity index (χ2v) is 8.09. The predicted octanol–water partition coefficient (Wildman–Crippen LogP) is 2.71. The molecule has 1 aromatic rings. The number of ether oxygens (including phenoxy) is 1. The maximum atomic E-state index is 6.85. The topological polar surface area (TPSA) is 38.5 Å². The highest BCUT2D eigenvalue weighted by molar-refractivity contribution is 7.09. The van der Waals surface area contributed by atoms with Gasteiger partial charge in [0.05, 0.1) is 6.10 Å². The van der Waals surface area contributed by atoms with Crippen molar-refractivity contribution in [1.29, 1.82) is 0 Å². The highest BCUT2D eigenvalue weighted by Gasteiger charge is 2.66.